The number of piperazine rings is 1. The van der Waals surface area contributed by atoms with E-state index in [9.17, 15) is 27.2 Å². The van der Waals surface area contributed by atoms with E-state index < -0.39 is 41.8 Å². The summed E-state index contributed by atoms with van der Waals surface area (Å²) in [6.45, 7) is 1.58. The second-order valence-electron chi connectivity index (χ2n) is 7.97. The SMILES string of the molecule is O=C(Nc1ccc(N2CCN(C(=O)O)CC2)nc1)c1oc(N2CCCC(F)C2)nc1C(F)(F)F. The summed E-state index contributed by atoms with van der Waals surface area (Å²) in [5, 5.41) is 11.3. The number of rotatable bonds is 4. The minimum absolute atomic E-state index is 0.130. The predicted molar refractivity (Wildman–Crippen MR) is 112 cm³/mol. The van der Waals surface area contributed by atoms with Crippen LogP contribution >= 0.6 is 0 Å². The summed E-state index contributed by atoms with van der Waals surface area (Å²) >= 11 is 0. The van der Waals surface area contributed by atoms with Gasteiger partial charge in [-0.1, -0.05) is 0 Å². The number of amides is 2. The number of anilines is 3. The summed E-state index contributed by atoms with van der Waals surface area (Å²) in [6, 6.07) is 2.58. The maximum Gasteiger partial charge on any atom is 0.437 e. The molecule has 0 aromatic carbocycles. The van der Waals surface area contributed by atoms with Crippen molar-refractivity contribution in [3.05, 3.63) is 29.8 Å². The fourth-order valence-corrected chi connectivity index (χ4v) is 3.85. The van der Waals surface area contributed by atoms with Crippen molar-refractivity contribution in [1.29, 1.82) is 0 Å². The van der Waals surface area contributed by atoms with Gasteiger partial charge in [-0.3, -0.25) is 4.79 Å². The molecular formula is C20H22F4N6O4. The second-order valence-corrected chi connectivity index (χ2v) is 7.97. The molecule has 2 amide bonds. The first-order valence-corrected chi connectivity index (χ1v) is 10.6. The number of halogens is 4. The van der Waals surface area contributed by atoms with Crippen LogP contribution < -0.4 is 15.1 Å². The molecule has 4 rings (SSSR count). The monoisotopic (exact) mass is 486 g/mol. The van der Waals surface area contributed by atoms with Crippen LogP contribution in [0.5, 0.6) is 0 Å². The van der Waals surface area contributed by atoms with Crippen molar-refractivity contribution >= 4 is 29.5 Å². The first kappa shape index (κ1) is 23.6. The molecule has 2 aliphatic heterocycles. The van der Waals surface area contributed by atoms with Gasteiger partial charge in [0.15, 0.2) is 5.69 Å². The van der Waals surface area contributed by atoms with Gasteiger partial charge < -0.3 is 29.5 Å². The summed E-state index contributed by atoms with van der Waals surface area (Å²) in [5.74, 6) is -1.64. The van der Waals surface area contributed by atoms with Gasteiger partial charge in [-0.2, -0.15) is 18.2 Å². The van der Waals surface area contributed by atoms with Crippen molar-refractivity contribution < 1.29 is 36.7 Å². The Kier molecular flexibility index (Phi) is 6.48. The molecule has 34 heavy (non-hydrogen) atoms. The number of carbonyl (C=O) groups is 2. The maximum atomic E-state index is 13.7. The molecule has 2 aliphatic rings. The van der Waals surface area contributed by atoms with Crippen LogP contribution in [-0.4, -0.2) is 77.4 Å². The van der Waals surface area contributed by atoms with Crippen molar-refractivity contribution in [2.75, 3.05) is 54.4 Å². The van der Waals surface area contributed by atoms with Crippen molar-refractivity contribution in [2.45, 2.75) is 25.2 Å². The van der Waals surface area contributed by atoms with Crippen LogP contribution in [0.25, 0.3) is 0 Å². The Morgan fingerprint density at radius 3 is 2.44 bits per heavy atom. The van der Waals surface area contributed by atoms with Gasteiger partial charge in [0.25, 0.3) is 11.9 Å². The zero-order valence-corrected chi connectivity index (χ0v) is 17.9. The highest BCUT2D eigenvalue weighted by atomic mass is 19.4. The molecule has 1 atom stereocenters. The van der Waals surface area contributed by atoms with E-state index in [0.29, 0.717) is 44.8 Å². The average molecular weight is 486 g/mol. The van der Waals surface area contributed by atoms with Crippen LogP contribution in [-0.2, 0) is 6.18 Å². The molecule has 2 aromatic heterocycles. The van der Waals surface area contributed by atoms with Crippen LogP contribution in [0.2, 0.25) is 0 Å². The molecule has 0 saturated carbocycles. The molecule has 2 saturated heterocycles. The number of piperidine rings is 1. The van der Waals surface area contributed by atoms with Crippen molar-refractivity contribution in [1.82, 2.24) is 14.9 Å². The molecule has 0 aliphatic carbocycles. The summed E-state index contributed by atoms with van der Waals surface area (Å²) < 4.78 is 59.3. The van der Waals surface area contributed by atoms with E-state index in [0.717, 1.165) is 0 Å². The van der Waals surface area contributed by atoms with Gasteiger partial charge in [0.1, 0.15) is 12.0 Å². The Labute approximate surface area is 191 Å². The van der Waals surface area contributed by atoms with Crippen molar-refractivity contribution in [3.8, 4) is 0 Å². The third kappa shape index (κ3) is 5.15. The molecule has 0 spiro atoms. The average Bonchev–Trinajstić information content (AvgIpc) is 3.26. The van der Waals surface area contributed by atoms with E-state index in [1.807, 2.05) is 4.90 Å². The number of hydrogen-bond acceptors (Lipinski definition) is 7. The van der Waals surface area contributed by atoms with E-state index in [1.54, 1.807) is 6.07 Å². The van der Waals surface area contributed by atoms with Crippen LogP contribution in [0.15, 0.2) is 22.7 Å². The Hall–Kier alpha value is -3.58. The van der Waals surface area contributed by atoms with Gasteiger partial charge in [-0.25, -0.2) is 14.2 Å². The van der Waals surface area contributed by atoms with Gasteiger partial charge in [-0.15, -0.1) is 0 Å². The van der Waals surface area contributed by atoms with E-state index in [1.165, 1.54) is 22.1 Å². The smallest absolute Gasteiger partial charge is 0.437 e. The predicted octanol–water partition coefficient (Wildman–Crippen LogP) is 3.08. The summed E-state index contributed by atoms with van der Waals surface area (Å²) in [5.41, 5.74) is -1.35. The molecule has 0 bridgehead atoms. The van der Waals surface area contributed by atoms with Crippen LogP contribution in [0.4, 0.5) is 39.9 Å². The summed E-state index contributed by atoms with van der Waals surface area (Å²) in [6.07, 6.45) is -5.16. The number of alkyl halides is 4. The second kappa shape index (κ2) is 9.35. The lowest BCUT2D eigenvalue weighted by molar-refractivity contribution is -0.141. The quantitative estimate of drug-likeness (QED) is 0.634. The number of nitrogens with zero attached hydrogens (tertiary/aromatic N) is 5. The lowest BCUT2D eigenvalue weighted by Crippen LogP contribution is -2.48. The molecule has 10 nitrogen and oxygen atoms in total. The first-order valence-electron chi connectivity index (χ1n) is 10.6. The van der Waals surface area contributed by atoms with E-state index >= 15 is 0 Å². The van der Waals surface area contributed by atoms with E-state index in [-0.39, 0.29) is 18.8 Å². The van der Waals surface area contributed by atoms with Crippen LogP contribution in [0.1, 0.15) is 29.1 Å². The lowest BCUT2D eigenvalue weighted by atomic mass is 10.1. The van der Waals surface area contributed by atoms with E-state index in [4.69, 9.17) is 9.52 Å². The maximum absolute atomic E-state index is 13.7. The molecule has 14 heteroatoms. The molecule has 0 radical (unpaired) electrons. The molecule has 4 heterocycles. The Balaban J connectivity index is 1.46. The van der Waals surface area contributed by atoms with E-state index in [2.05, 4.69) is 15.3 Å². The summed E-state index contributed by atoms with van der Waals surface area (Å²) in [4.78, 5) is 35.6. The van der Waals surface area contributed by atoms with Gasteiger partial charge in [0, 0.05) is 32.7 Å². The minimum atomic E-state index is -4.94. The number of pyridine rings is 1. The third-order valence-electron chi connectivity index (χ3n) is 5.60. The number of carboxylic acid groups (broad SMARTS) is 1. The van der Waals surface area contributed by atoms with Gasteiger partial charge in [-0.05, 0) is 25.0 Å². The highest BCUT2D eigenvalue weighted by Gasteiger charge is 2.42. The lowest BCUT2D eigenvalue weighted by Gasteiger charge is -2.33. The molecule has 2 N–H and O–H groups in total. The zero-order chi connectivity index (χ0) is 24.5. The number of hydrogen-bond donors (Lipinski definition) is 2. The Bertz CT molecular complexity index is 1040. The van der Waals surface area contributed by atoms with Crippen molar-refractivity contribution in [2.24, 2.45) is 0 Å². The van der Waals surface area contributed by atoms with Gasteiger partial charge in [0.2, 0.25) is 5.76 Å². The third-order valence-corrected chi connectivity index (χ3v) is 5.60. The number of oxazole rings is 1. The molecule has 2 aromatic rings. The normalized spacial score (nSPS) is 19.3. The number of nitrogens with one attached hydrogen (secondary N) is 1. The van der Waals surface area contributed by atoms with Crippen LogP contribution in [0, 0.1) is 0 Å². The number of carbonyl (C=O) groups excluding carboxylic acids is 1. The zero-order valence-electron chi connectivity index (χ0n) is 17.9. The molecule has 1 unspecified atom stereocenters. The first-order chi connectivity index (χ1) is 16.1. The fourth-order valence-electron chi connectivity index (χ4n) is 3.85. The molecular weight excluding hydrogens is 464 g/mol. The standard InChI is InChI=1S/C20H22F4N6O4/c21-12-2-1-5-30(11-12)18-27-16(20(22,23)24)15(34-18)17(31)26-13-3-4-14(25-10-13)28-6-8-29(9-7-28)19(32)33/h3-4,10,12H,1-2,5-9,11H2,(H,26,31)(H,32,33). The highest BCUT2D eigenvalue weighted by Crippen LogP contribution is 2.35. The topological polar surface area (TPSA) is 115 Å². The van der Waals surface area contributed by atoms with Crippen LogP contribution in [0.3, 0.4) is 0 Å². The molecule has 184 valence electrons. The van der Waals surface area contributed by atoms with Crippen molar-refractivity contribution in [3.63, 3.8) is 0 Å². The highest BCUT2D eigenvalue weighted by molar-refractivity contribution is 6.03. The van der Waals surface area contributed by atoms with Gasteiger partial charge >= 0.3 is 12.3 Å². The Morgan fingerprint density at radius 1 is 1.12 bits per heavy atom. The molecule has 2 fully saturated rings. The largest absolute Gasteiger partial charge is 0.465 e. The number of aromatic nitrogens is 2. The van der Waals surface area contributed by atoms with Gasteiger partial charge in [0.05, 0.1) is 18.4 Å². The Morgan fingerprint density at radius 2 is 1.85 bits per heavy atom. The minimum Gasteiger partial charge on any atom is -0.465 e. The summed E-state index contributed by atoms with van der Waals surface area (Å²) in [7, 11) is 0. The fraction of sp³-hybridized carbons (Fsp3) is 0.500.